The van der Waals surface area contributed by atoms with Gasteiger partial charge < -0.3 is 10.3 Å². The number of aromatic nitrogens is 1. The first kappa shape index (κ1) is 13.8. The molecule has 2 N–H and O–H groups in total. The Labute approximate surface area is 121 Å². The molecule has 2 nitrogen and oxygen atoms in total. The molecule has 21 heavy (non-hydrogen) atoms. The van der Waals surface area contributed by atoms with Crippen LogP contribution in [0.4, 0.5) is 8.78 Å². The molecule has 0 fully saturated rings. The second kappa shape index (κ2) is 5.30. The highest BCUT2D eigenvalue weighted by Crippen LogP contribution is 2.31. The third-order valence-electron chi connectivity index (χ3n) is 3.64. The number of fused-ring (bicyclic) bond motifs is 1. The van der Waals surface area contributed by atoms with Crippen molar-refractivity contribution >= 4 is 10.9 Å². The van der Waals surface area contributed by atoms with E-state index in [4.69, 9.17) is 5.73 Å². The van der Waals surface area contributed by atoms with Crippen molar-refractivity contribution in [2.75, 3.05) is 0 Å². The van der Waals surface area contributed by atoms with E-state index < -0.39 is 5.92 Å². The fraction of sp³-hybridized carbons (Fsp3) is 0.176. The second-order valence-corrected chi connectivity index (χ2v) is 5.11. The number of rotatable bonds is 4. The van der Waals surface area contributed by atoms with E-state index in [0.717, 1.165) is 16.5 Å². The number of nitrogens with zero attached hydrogens (tertiary/aromatic N) is 1. The Balaban J connectivity index is 1.95. The predicted molar refractivity (Wildman–Crippen MR) is 80.2 cm³/mol. The molecular formula is C17H16F2N2. The molecule has 0 bridgehead atoms. The van der Waals surface area contributed by atoms with Crippen molar-refractivity contribution in [3.63, 3.8) is 0 Å². The van der Waals surface area contributed by atoms with Gasteiger partial charge in [0.15, 0.2) is 0 Å². The maximum Gasteiger partial charge on any atom is 0.290 e. The number of alkyl halides is 2. The number of benzene rings is 2. The average Bonchev–Trinajstić information content (AvgIpc) is 2.90. The van der Waals surface area contributed by atoms with Crippen LogP contribution in [0, 0.1) is 0 Å². The number of nitrogens with two attached hydrogens (primary N) is 1. The van der Waals surface area contributed by atoms with Crippen molar-refractivity contribution in [3.05, 3.63) is 71.9 Å². The van der Waals surface area contributed by atoms with Gasteiger partial charge in [0, 0.05) is 23.8 Å². The average molecular weight is 286 g/mol. The predicted octanol–water partition coefficient (Wildman–Crippen LogP) is 3.89. The minimum absolute atomic E-state index is 0.0328. The van der Waals surface area contributed by atoms with Crippen molar-refractivity contribution in [2.24, 2.45) is 5.73 Å². The van der Waals surface area contributed by atoms with Gasteiger partial charge >= 0.3 is 0 Å². The van der Waals surface area contributed by atoms with Crippen LogP contribution in [0.1, 0.15) is 11.1 Å². The molecule has 0 aliphatic carbocycles. The molecule has 0 amide bonds. The molecule has 3 rings (SSSR count). The maximum atomic E-state index is 14.4. The zero-order chi connectivity index (χ0) is 14.9. The highest BCUT2D eigenvalue weighted by molar-refractivity contribution is 5.80. The minimum Gasteiger partial charge on any atom is -0.341 e. The van der Waals surface area contributed by atoms with E-state index in [9.17, 15) is 8.78 Å². The first-order valence-electron chi connectivity index (χ1n) is 6.81. The molecule has 1 aromatic heterocycles. The smallest absolute Gasteiger partial charge is 0.290 e. The van der Waals surface area contributed by atoms with Crippen molar-refractivity contribution in [1.29, 1.82) is 0 Å². The Morgan fingerprint density at radius 3 is 2.48 bits per heavy atom. The molecule has 0 aliphatic heterocycles. The molecule has 0 radical (unpaired) electrons. The van der Waals surface area contributed by atoms with E-state index in [1.165, 1.54) is 12.1 Å². The third kappa shape index (κ3) is 2.67. The fourth-order valence-electron chi connectivity index (χ4n) is 2.50. The zero-order valence-electron chi connectivity index (χ0n) is 11.5. The van der Waals surface area contributed by atoms with E-state index in [1.54, 1.807) is 29.0 Å². The highest BCUT2D eigenvalue weighted by atomic mass is 19.3. The van der Waals surface area contributed by atoms with Gasteiger partial charge in [-0.2, -0.15) is 8.78 Å². The van der Waals surface area contributed by atoms with Crippen LogP contribution in [-0.2, 0) is 19.0 Å². The van der Waals surface area contributed by atoms with Gasteiger partial charge in [0.1, 0.15) is 0 Å². The van der Waals surface area contributed by atoms with Crippen molar-refractivity contribution in [3.8, 4) is 0 Å². The van der Waals surface area contributed by atoms with Crippen molar-refractivity contribution in [1.82, 2.24) is 4.57 Å². The number of halogens is 2. The van der Waals surface area contributed by atoms with Crippen LogP contribution < -0.4 is 5.73 Å². The van der Waals surface area contributed by atoms with Crippen LogP contribution >= 0.6 is 0 Å². The summed E-state index contributed by atoms with van der Waals surface area (Å²) in [4.78, 5) is 0. The Bertz CT molecular complexity index is 748. The largest absolute Gasteiger partial charge is 0.341 e. The van der Waals surface area contributed by atoms with Crippen LogP contribution in [-0.4, -0.2) is 4.57 Å². The molecule has 2 aromatic carbocycles. The zero-order valence-corrected chi connectivity index (χ0v) is 11.5. The quantitative estimate of drug-likeness (QED) is 0.775. The lowest BCUT2D eigenvalue weighted by molar-refractivity contribution is -0.0211. The molecule has 0 aliphatic rings. The summed E-state index contributed by atoms with van der Waals surface area (Å²) < 4.78 is 30.3. The summed E-state index contributed by atoms with van der Waals surface area (Å²) in [7, 11) is 0. The number of hydrogen-bond donors (Lipinski definition) is 1. The normalized spacial score (nSPS) is 12.0. The van der Waals surface area contributed by atoms with Gasteiger partial charge in [-0.3, -0.25) is 0 Å². The first-order chi connectivity index (χ1) is 10.1. The molecule has 3 aromatic rings. The Morgan fingerprint density at radius 2 is 1.76 bits per heavy atom. The summed E-state index contributed by atoms with van der Waals surface area (Å²) in [6.45, 7) is 0.0732. The summed E-state index contributed by atoms with van der Waals surface area (Å²) in [6, 6.07) is 15.4. The SMILES string of the molecule is NCc1ccc2c(ccn2CC(F)(F)c2ccccc2)c1. The van der Waals surface area contributed by atoms with E-state index in [0.29, 0.717) is 6.54 Å². The van der Waals surface area contributed by atoms with Crippen LogP contribution in [0.15, 0.2) is 60.8 Å². The van der Waals surface area contributed by atoms with Gasteiger partial charge in [-0.15, -0.1) is 0 Å². The van der Waals surface area contributed by atoms with Gasteiger partial charge in [0.2, 0.25) is 0 Å². The first-order valence-corrected chi connectivity index (χ1v) is 6.81. The van der Waals surface area contributed by atoms with E-state index in [-0.39, 0.29) is 12.1 Å². The summed E-state index contributed by atoms with van der Waals surface area (Å²) in [6.07, 6.45) is 1.70. The standard InChI is InChI=1S/C17H16F2N2/c18-17(19,15-4-2-1-3-5-15)12-21-9-8-14-10-13(11-20)6-7-16(14)21/h1-10H,11-12,20H2. The van der Waals surface area contributed by atoms with Crippen LogP contribution in [0.5, 0.6) is 0 Å². The van der Waals surface area contributed by atoms with Crippen LogP contribution in [0.25, 0.3) is 10.9 Å². The van der Waals surface area contributed by atoms with E-state index in [1.807, 2.05) is 24.3 Å². The molecular weight excluding hydrogens is 270 g/mol. The topological polar surface area (TPSA) is 30.9 Å². The monoisotopic (exact) mass is 286 g/mol. The fourth-order valence-corrected chi connectivity index (χ4v) is 2.50. The van der Waals surface area contributed by atoms with Crippen LogP contribution in [0.2, 0.25) is 0 Å². The molecule has 1 heterocycles. The highest BCUT2D eigenvalue weighted by Gasteiger charge is 2.32. The van der Waals surface area contributed by atoms with Crippen molar-refractivity contribution < 1.29 is 8.78 Å². The molecule has 0 unspecified atom stereocenters. The van der Waals surface area contributed by atoms with Gasteiger partial charge in [-0.1, -0.05) is 36.4 Å². The summed E-state index contributed by atoms with van der Waals surface area (Å²) >= 11 is 0. The maximum absolute atomic E-state index is 14.4. The molecule has 0 saturated heterocycles. The lowest BCUT2D eigenvalue weighted by Crippen LogP contribution is -2.20. The summed E-state index contributed by atoms with van der Waals surface area (Å²) in [5.74, 6) is -2.90. The minimum atomic E-state index is -2.90. The van der Waals surface area contributed by atoms with Gasteiger partial charge in [0.25, 0.3) is 5.92 Å². The van der Waals surface area contributed by atoms with E-state index in [2.05, 4.69) is 0 Å². The summed E-state index contributed by atoms with van der Waals surface area (Å²) in [5, 5.41) is 0.932. The lowest BCUT2D eigenvalue weighted by atomic mass is 10.1. The second-order valence-electron chi connectivity index (χ2n) is 5.11. The van der Waals surface area contributed by atoms with Gasteiger partial charge in [0.05, 0.1) is 6.54 Å². The molecule has 0 saturated carbocycles. The Kier molecular flexibility index (Phi) is 3.47. The molecule has 0 atom stereocenters. The Hall–Kier alpha value is -2.20. The lowest BCUT2D eigenvalue weighted by Gasteiger charge is -2.18. The van der Waals surface area contributed by atoms with Crippen LogP contribution in [0.3, 0.4) is 0 Å². The van der Waals surface area contributed by atoms with Crippen molar-refractivity contribution in [2.45, 2.75) is 19.0 Å². The molecule has 0 spiro atoms. The molecule has 4 heteroatoms. The molecule has 108 valence electrons. The Morgan fingerprint density at radius 1 is 1.00 bits per heavy atom. The summed E-state index contributed by atoms with van der Waals surface area (Å²) in [5.41, 5.74) is 7.42. The van der Waals surface area contributed by atoms with E-state index >= 15 is 0 Å². The number of hydrogen-bond acceptors (Lipinski definition) is 1. The third-order valence-corrected chi connectivity index (χ3v) is 3.64. The van der Waals surface area contributed by atoms with Gasteiger partial charge in [-0.25, -0.2) is 0 Å². The van der Waals surface area contributed by atoms with Gasteiger partial charge in [-0.05, 0) is 29.1 Å².